The van der Waals surface area contributed by atoms with Crippen molar-refractivity contribution in [2.45, 2.75) is 0 Å². The van der Waals surface area contributed by atoms with Gasteiger partial charge >= 0.3 is 0 Å². The summed E-state index contributed by atoms with van der Waals surface area (Å²) in [5.74, 6) is 1.54. The maximum atomic E-state index is 12.5. The molecule has 0 saturated carbocycles. The molecule has 1 atom stereocenters. The van der Waals surface area contributed by atoms with Crippen LogP contribution in [0.3, 0.4) is 0 Å². The van der Waals surface area contributed by atoms with E-state index in [2.05, 4.69) is 12.3 Å². The Morgan fingerprint density at radius 1 is 1.36 bits per heavy atom. The van der Waals surface area contributed by atoms with Crippen molar-refractivity contribution in [3.8, 4) is 0 Å². The highest BCUT2D eigenvalue weighted by molar-refractivity contribution is 7.72. The fourth-order valence-corrected chi connectivity index (χ4v) is 2.87. The molecule has 0 bridgehead atoms. The van der Waals surface area contributed by atoms with Crippen molar-refractivity contribution < 1.29 is 4.57 Å². The van der Waals surface area contributed by atoms with E-state index in [1.807, 2.05) is 30.3 Å². The van der Waals surface area contributed by atoms with Gasteiger partial charge in [0.2, 0.25) is 7.29 Å². The van der Waals surface area contributed by atoms with Crippen molar-refractivity contribution >= 4 is 12.6 Å². The molecule has 0 amide bonds. The van der Waals surface area contributed by atoms with Crippen molar-refractivity contribution in [3.05, 3.63) is 48.5 Å². The summed E-state index contributed by atoms with van der Waals surface area (Å²) in [6.45, 7) is 3.47. The first-order chi connectivity index (χ1) is 6.61. The Balaban J connectivity index is 3.27. The second-order valence-corrected chi connectivity index (χ2v) is 5.96. The van der Waals surface area contributed by atoms with Gasteiger partial charge in [-0.25, -0.2) is 0 Å². The molecule has 1 aromatic carbocycles. The summed E-state index contributed by atoms with van der Waals surface area (Å²) in [4.78, 5) is 0. The highest BCUT2D eigenvalue weighted by Gasteiger charge is 2.23. The van der Waals surface area contributed by atoms with Crippen molar-refractivity contribution in [2.24, 2.45) is 0 Å². The van der Waals surface area contributed by atoms with Crippen molar-refractivity contribution in [1.29, 1.82) is 0 Å². The van der Waals surface area contributed by atoms with Crippen LogP contribution in [-0.4, -0.2) is 18.8 Å². The largest absolute Gasteiger partial charge is 0.296 e. The molecule has 1 unspecified atom stereocenters. The monoisotopic (exact) mass is 207 g/mol. The molecule has 0 aromatic heterocycles. The van der Waals surface area contributed by atoms with Gasteiger partial charge < -0.3 is 0 Å². The standard InChI is InChI=1S/C11H14NOP/c1-4-10-14(13,12(2)3)11-8-6-5-7-9-11/h5-10H,1H2,2-3H3. The van der Waals surface area contributed by atoms with Crippen LogP contribution >= 0.6 is 7.29 Å². The second kappa shape index (κ2) is 4.43. The van der Waals surface area contributed by atoms with E-state index in [9.17, 15) is 4.57 Å². The number of nitrogens with zero attached hydrogens (tertiary/aromatic N) is 1. The number of rotatable bonds is 3. The Hall–Kier alpha value is -1.07. The SMILES string of the molecule is C=C=CP(=O)(c1ccccc1)N(C)C. The Morgan fingerprint density at radius 2 is 1.93 bits per heavy atom. The van der Waals surface area contributed by atoms with E-state index in [0.717, 1.165) is 5.30 Å². The fourth-order valence-electron chi connectivity index (χ4n) is 1.19. The van der Waals surface area contributed by atoms with Crippen LogP contribution in [0.2, 0.25) is 0 Å². The highest BCUT2D eigenvalue weighted by Crippen LogP contribution is 2.47. The van der Waals surface area contributed by atoms with Gasteiger partial charge in [0.15, 0.2) is 0 Å². The smallest absolute Gasteiger partial charge is 0.207 e. The summed E-state index contributed by atoms with van der Waals surface area (Å²) in [5.41, 5.74) is 2.61. The first-order valence-electron chi connectivity index (χ1n) is 4.31. The van der Waals surface area contributed by atoms with E-state index in [-0.39, 0.29) is 0 Å². The predicted octanol–water partition coefficient (Wildman–Crippen LogP) is 2.45. The summed E-state index contributed by atoms with van der Waals surface area (Å²) in [6, 6.07) is 9.37. The lowest BCUT2D eigenvalue weighted by atomic mass is 10.4. The zero-order chi connectivity index (χ0) is 10.6. The number of hydrogen-bond acceptors (Lipinski definition) is 1. The topological polar surface area (TPSA) is 20.3 Å². The fraction of sp³-hybridized carbons (Fsp3) is 0.182. The summed E-state index contributed by atoms with van der Waals surface area (Å²) >= 11 is 0. The van der Waals surface area contributed by atoms with Gasteiger partial charge in [-0.05, 0) is 26.2 Å². The van der Waals surface area contributed by atoms with Gasteiger partial charge in [0.1, 0.15) is 0 Å². The molecule has 14 heavy (non-hydrogen) atoms. The van der Waals surface area contributed by atoms with E-state index < -0.39 is 7.29 Å². The molecule has 74 valence electrons. The van der Waals surface area contributed by atoms with Crippen LogP contribution in [0.25, 0.3) is 0 Å². The van der Waals surface area contributed by atoms with Crippen LogP contribution in [0.4, 0.5) is 0 Å². The van der Waals surface area contributed by atoms with Gasteiger partial charge in [-0.1, -0.05) is 24.8 Å². The molecule has 0 spiro atoms. The molecule has 2 nitrogen and oxygen atoms in total. The minimum atomic E-state index is -2.61. The third kappa shape index (κ3) is 2.05. The number of benzene rings is 1. The van der Waals surface area contributed by atoms with Crippen LogP contribution in [-0.2, 0) is 4.57 Å². The molecule has 0 heterocycles. The molecule has 0 aliphatic rings. The molecule has 1 aromatic rings. The highest BCUT2D eigenvalue weighted by atomic mass is 31.2. The molecular weight excluding hydrogens is 193 g/mol. The minimum Gasteiger partial charge on any atom is -0.296 e. The Bertz CT molecular complexity index is 391. The molecule has 1 rings (SSSR count). The Morgan fingerprint density at radius 3 is 2.36 bits per heavy atom. The van der Waals surface area contributed by atoms with Crippen LogP contribution < -0.4 is 5.30 Å². The van der Waals surface area contributed by atoms with E-state index in [1.165, 1.54) is 0 Å². The molecule has 0 aliphatic heterocycles. The minimum absolute atomic E-state index is 0.807. The third-order valence-electron chi connectivity index (χ3n) is 1.99. The zero-order valence-electron chi connectivity index (χ0n) is 8.47. The van der Waals surface area contributed by atoms with Crippen molar-refractivity contribution in [3.63, 3.8) is 0 Å². The number of hydrogen-bond donors (Lipinski definition) is 0. The van der Waals surface area contributed by atoms with E-state index >= 15 is 0 Å². The van der Waals surface area contributed by atoms with Crippen molar-refractivity contribution in [1.82, 2.24) is 4.67 Å². The van der Waals surface area contributed by atoms with E-state index in [0.29, 0.717) is 0 Å². The third-order valence-corrected chi connectivity index (χ3v) is 4.75. The van der Waals surface area contributed by atoms with Gasteiger partial charge in [-0.2, -0.15) is 0 Å². The summed E-state index contributed by atoms with van der Waals surface area (Å²) in [5, 5.41) is 0.807. The summed E-state index contributed by atoms with van der Waals surface area (Å²) < 4.78 is 14.2. The molecule has 0 fully saturated rings. The Labute approximate surface area is 85.0 Å². The lowest BCUT2D eigenvalue weighted by molar-refractivity contribution is 0.532. The predicted molar refractivity (Wildman–Crippen MR) is 61.1 cm³/mol. The molecule has 0 saturated heterocycles. The van der Waals surface area contributed by atoms with E-state index in [4.69, 9.17) is 0 Å². The quantitative estimate of drug-likeness (QED) is 0.560. The maximum absolute atomic E-state index is 12.5. The van der Waals surface area contributed by atoms with Gasteiger partial charge in [0, 0.05) is 11.1 Å². The van der Waals surface area contributed by atoms with Gasteiger partial charge in [0.25, 0.3) is 0 Å². The first-order valence-corrected chi connectivity index (χ1v) is 6.04. The summed E-state index contributed by atoms with van der Waals surface area (Å²) in [7, 11) is 0.978. The maximum Gasteiger partial charge on any atom is 0.207 e. The second-order valence-electron chi connectivity index (χ2n) is 3.14. The first kappa shape index (κ1) is 11.0. The lowest BCUT2D eigenvalue weighted by Crippen LogP contribution is -2.16. The normalized spacial score (nSPS) is 14.5. The molecule has 0 N–H and O–H groups in total. The van der Waals surface area contributed by atoms with Gasteiger partial charge in [0.05, 0.1) is 0 Å². The van der Waals surface area contributed by atoms with E-state index in [1.54, 1.807) is 24.6 Å². The lowest BCUT2D eigenvalue weighted by Gasteiger charge is -2.20. The molecule has 0 aliphatic carbocycles. The van der Waals surface area contributed by atoms with Crippen LogP contribution in [0.15, 0.2) is 48.5 Å². The van der Waals surface area contributed by atoms with Gasteiger partial charge in [-0.3, -0.25) is 9.24 Å². The van der Waals surface area contributed by atoms with Crippen LogP contribution in [0.5, 0.6) is 0 Å². The Kier molecular flexibility index (Phi) is 3.49. The zero-order valence-corrected chi connectivity index (χ0v) is 9.37. The average molecular weight is 207 g/mol. The molecule has 3 heteroatoms. The molecular formula is C11H14NOP. The van der Waals surface area contributed by atoms with Crippen LogP contribution in [0, 0.1) is 0 Å². The average Bonchev–Trinajstić information content (AvgIpc) is 2.19. The van der Waals surface area contributed by atoms with Crippen molar-refractivity contribution in [2.75, 3.05) is 14.1 Å². The molecule has 0 radical (unpaired) electrons. The summed E-state index contributed by atoms with van der Waals surface area (Å²) in [6.07, 6.45) is 0. The van der Waals surface area contributed by atoms with Crippen LogP contribution in [0.1, 0.15) is 0 Å². The van der Waals surface area contributed by atoms with Gasteiger partial charge in [-0.15, -0.1) is 5.73 Å².